The van der Waals surface area contributed by atoms with Crippen molar-refractivity contribution >= 4 is 5.91 Å². The maximum Gasteiger partial charge on any atom is 0.222 e. The third kappa shape index (κ3) is 2.21. The zero-order valence-electron chi connectivity index (χ0n) is 7.47. The minimum atomic E-state index is 0.325. The fourth-order valence-electron chi connectivity index (χ4n) is 1.64. The monoisotopic (exact) mass is 155 g/mol. The lowest BCUT2D eigenvalue weighted by molar-refractivity contribution is -0.126. The Morgan fingerprint density at radius 1 is 1.64 bits per heavy atom. The number of carbonyl (C=O) groups is 1. The van der Waals surface area contributed by atoms with E-state index in [0.717, 1.165) is 13.0 Å². The number of unbranched alkanes of at least 4 members (excludes halogenated alkanes) is 1. The molecule has 1 amide bonds. The van der Waals surface area contributed by atoms with Gasteiger partial charge in [0.25, 0.3) is 0 Å². The first-order chi connectivity index (χ1) is 5.24. The van der Waals surface area contributed by atoms with E-state index in [2.05, 4.69) is 6.92 Å². The highest BCUT2D eigenvalue weighted by Gasteiger charge is 2.25. The molecule has 0 aromatic heterocycles. The van der Waals surface area contributed by atoms with E-state index in [1.54, 1.807) is 0 Å². The summed E-state index contributed by atoms with van der Waals surface area (Å²) in [4.78, 5) is 12.9. The van der Waals surface area contributed by atoms with E-state index in [-0.39, 0.29) is 0 Å². The molecule has 0 aromatic rings. The smallest absolute Gasteiger partial charge is 0.222 e. The van der Waals surface area contributed by atoms with Gasteiger partial charge in [-0.05, 0) is 12.3 Å². The quantitative estimate of drug-likeness (QED) is 0.607. The van der Waals surface area contributed by atoms with Gasteiger partial charge in [0.1, 0.15) is 0 Å². The van der Waals surface area contributed by atoms with Crippen molar-refractivity contribution in [2.24, 2.45) is 5.92 Å². The van der Waals surface area contributed by atoms with Crippen LogP contribution in [0.1, 0.15) is 32.6 Å². The molecule has 1 rings (SSSR count). The summed E-state index contributed by atoms with van der Waals surface area (Å²) in [6.07, 6.45) is 4.53. The van der Waals surface area contributed by atoms with Gasteiger partial charge in [-0.15, -0.1) is 0 Å². The van der Waals surface area contributed by atoms with Crippen molar-refractivity contribution in [1.82, 2.24) is 4.90 Å². The lowest BCUT2D eigenvalue weighted by Crippen LogP contribution is -2.18. The van der Waals surface area contributed by atoms with Gasteiger partial charge in [0.2, 0.25) is 5.91 Å². The molecule has 1 fully saturated rings. The summed E-state index contributed by atoms with van der Waals surface area (Å²) >= 11 is 0. The lowest BCUT2D eigenvalue weighted by atomic mass is 10.0. The van der Waals surface area contributed by atoms with Gasteiger partial charge in [-0.25, -0.2) is 0 Å². The summed E-state index contributed by atoms with van der Waals surface area (Å²) in [5.74, 6) is 0.971. The minimum Gasteiger partial charge on any atom is -0.345 e. The SMILES string of the molecule is CCCCC1CC(=O)N(C)C1. The van der Waals surface area contributed by atoms with Crippen LogP contribution in [0.15, 0.2) is 0 Å². The molecular weight excluding hydrogens is 138 g/mol. The number of carbonyl (C=O) groups excluding carboxylic acids is 1. The van der Waals surface area contributed by atoms with Crippen molar-refractivity contribution in [3.8, 4) is 0 Å². The van der Waals surface area contributed by atoms with Crippen LogP contribution in [-0.4, -0.2) is 24.4 Å². The van der Waals surface area contributed by atoms with Crippen molar-refractivity contribution in [2.45, 2.75) is 32.6 Å². The third-order valence-corrected chi connectivity index (χ3v) is 2.39. The number of hydrogen-bond acceptors (Lipinski definition) is 1. The van der Waals surface area contributed by atoms with E-state index in [0.29, 0.717) is 11.8 Å². The second-order valence-electron chi connectivity index (χ2n) is 3.49. The lowest BCUT2D eigenvalue weighted by Gasteiger charge is -2.08. The molecule has 0 aliphatic carbocycles. The predicted octanol–water partition coefficient (Wildman–Crippen LogP) is 1.65. The number of likely N-dealkylation sites (tertiary alicyclic amines) is 1. The van der Waals surface area contributed by atoms with Crippen LogP contribution in [0.25, 0.3) is 0 Å². The Kier molecular flexibility index (Phi) is 2.92. The van der Waals surface area contributed by atoms with Gasteiger partial charge in [0.15, 0.2) is 0 Å². The summed E-state index contributed by atoms with van der Waals surface area (Å²) in [5.41, 5.74) is 0. The molecular formula is C9H17NO. The molecule has 11 heavy (non-hydrogen) atoms. The van der Waals surface area contributed by atoms with Gasteiger partial charge in [-0.2, -0.15) is 0 Å². The van der Waals surface area contributed by atoms with E-state index in [1.165, 1.54) is 19.3 Å². The molecule has 1 aliphatic heterocycles. The van der Waals surface area contributed by atoms with Crippen LogP contribution >= 0.6 is 0 Å². The molecule has 0 N–H and O–H groups in total. The number of nitrogens with zero attached hydrogens (tertiary/aromatic N) is 1. The largest absolute Gasteiger partial charge is 0.345 e. The standard InChI is InChI=1S/C9H17NO/c1-3-4-5-8-6-9(11)10(2)7-8/h8H,3-7H2,1-2H3. The Balaban J connectivity index is 2.24. The van der Waals surface area contributed by atoms with Gasteiger partial charge < -0.3 is 4.90 Å². The van der Waals surface area contributed by atoms with Crippen LogP contribution in [0, 0.1) is 5.92 Å². The van der Waals surface area contributed by atoms with Crippen molar-refractivity contribution < 1.29 is 4.79 Å². The van der Waals surface area contributed by atoms with Gasteiger partial charge in [0.05, 0.1) is 0 Å². The number of rotatable bonds is 3. The van der Waals surface area contributed by atoms with E-state index >= 15 is 0 Å². The van der Waals surface area contributed by atoms with Gasteiger partial charge in [-0.1, -0.05) is 19.8 Å². The highest BCUT2D eigenvalue weighted by atomic mass is 16.2. The Morgan fingerprint density at radius 3 is 2.82 bits per heavy atom. The van der Waals surface area contributed by atoms with Crippen LogP contribution in [0.4, 0.5) is 0 Å². The van der Waals surface area contributed by atoms with E-state index in [9.17, 15) is 4.79 Å². The van der Waals surface area contributed by atoms with Crippen LogP contribution < -0.4 is 0 Å². The molecule has 0 bridgehead atoms. The van der Waals surface area contributed by atoms with Gasteiger partial charge in [-0.3, -0.25) is 4.79 Å². The fraction of sp³-hybridized carbons (Fsp3) is 0.889. The first kappa shape index (κ1) is 8.57. The first-order valence-electron chi connectivity index (χ1n) is 4.48. The normalized spacial score (nSPS) is 24.7. The zero-order valence-corrected chi connectivity index (χ0v) is 7.47. The average molecular weight is 155 g/mol. The van der Waals surface area contributed by atoms with Crippen LogP contribution in [0.5, 0.6) is 0 Å². The van der Waals surface area contributed by atoms with Crippen LogP contribution in [-0.2, 0) is 4.79 Å². The van der Waals surface area contributed by atoms with Gasteiger partial charge in [0, 0.05) is 20.0 Å². The van der Waals surface area contributed by atoms with E-state index in [4.69, 9.17) is 0 Å². The van der Waals surface area contributed by atoms with Crippen molar-refractivity contribution in [2.75, 3.05) is 13.6 Å². The number of hydrogen-bond donors (Lipinski definition) is 0. The predicted molar refractivity (Wildman–Crippen MR) is 45.3 cm³/mol. The van der Waals surface area contributed by atoms with Crippen molar-refractivity contribution in [3.63, 3.8) is 0 Å². The molecule has 1 heterocycles. The Hall–Kier alpha value is -0.530. The summed E-state index contributed by atoms with van der Waals surface area (Å²) < 4.78 is 0. The molecule has 0 radical (unpaired) electrons. The van der Waals surface area contributed by atoms with Gasteiger partial charge >= 0.3 is 0 Å². The summed E-state index contributed by atoms with van der Waals surface area (Å²) in [7, 11) is 1.90. The Bertz CT molecular complexity index is 144. The molecule has 1 atom stereocenters. The minimum absolute atomic E-state index is 0.325. The molecule has 1 unspecified atom stereocenters. The summed E-state index contributed by atoms with van der Waals surface area (Å²) in [6, 6.07) is 0. The molecule has 0 saturated carbocycles. The summed E-state index contributed by atoms with van der Waals surface area (Å²) in [5, 5.41) is 0. The zero-order chi connectivity index (χ0) is 8.27. The van der Waals surface area contributed by atoms with E-state index < -0.39 is 0 Å². The molecule has 0 aromatic carbocycles. The highest BCUT2D eigenvalue weighted by Crippen LogP contribution is 2.21. The topological polar surface area (TPSA) is 20.3 Å². The highest BCUT2D eigenvalue weighted by molar-refractivity contribution is 5.78. The molecule has 2 nitrogen and oxygen atoms in total. The fourth-order valence-corrected chi connectivity index (χ4v) is 1.64. The van der Waals surface area contributed by atoms with Crippen LogP contribution in [0.2, 0.25) is 0 Å². The average Bonchev–Trinajstić information content (AvgIpc) is 2.28. The number of amides is 1. The maximum atomic E-state index is 11.1. The molecule has 0 spiro atoms. The second-order valence-corrected chi connectivity index (χ2v) is 3.49. The van der Waals surface area contributed by atoms with Crippen molar-refractivity contribution in [1.29, 1.82) is 0 Å². The molecule has 2 heteroatoms. The van der Waals surface area contributed by atoms with Crippen LogP contribution in [0.3, 0.4) is 0 Å². The molecule has 1 aliphatic rings. The van der Waals surface area contributed by atoms with Crippen molar-refractivity contribution in [3.05, 3.63) is 0 Å². The Morgan fingerprint density at radius 2 is 2.36 bits per heavy atom. The van der Waals surface area contributed by atoms with E-state index in [1.807, 2.05) is 11.9 Å². The third-order valence-electron chi connectivity index (χ3n) is 2.39. The summed E-state index contributed by atoms with van der Waals surface area (Å²) in [6.45, 7) is 3.18. The Labute approximate surface area is 68.6 Å². The maximum absolute atomic E-state index is 11.1. The molecule has 1 saturated heterocycles. The second kappa shape index (κ2) is 3.74. The first-order valence-corrected chi connectivity index (χ1v) is 4.48. The molecule has 64 valence electrons.